The SMILES string of the molecule is O=C(/C=C/c1ccc(O)c(Br)c1)c1ccc(Cl)cc1. The predicted molar refractivity (Wildman–Crippen MR) is 80.6 cm³/mol. The van der Waals surface area contributed by atoms with Gasteiger partial charge in [0.15, 0.2) is 5.78 Å². The molecule has 0 atom stereocenters. The second kappa shape index (κ2) is 6.04. The number of hydrogen-bond donors (Lipinski definition) is 1. The minimum absolute atomic E-state index is 0.0964. The Balaban J connectivity index is 2.15. The van der Waals surface area contributed by atoms with Crippen LogP contribution in [0.15, 0.2) is 53.0 Å². The van der Waals surface area contributed by atoms with Gasteiger partial charge in [0.2, 0.25) is 0 Å². The van der Waals surface area contributed by atoms with Crippen LogP contribution in [0.5, 0.6) is 5.75 Å². The van der Waals surface area contributed by atoms with E-state index in [4.69, 9.17) is 11.6 Å². The fraction of sp³-hybridized carbons (Fsp3) is 0. The zero-order chi connectivity index (χ0) is 13.8. The molecule has 0 saturated heterocycles. The van der Waals surface area contributed by atoms with Crippen LogP contribution in [0.3, 0.4) is 0 Å². The summed E-state index contributed by atoms with van der Waals surface area (Å²) in [6.07, 6.45) is 3.18. The summed E-state index contributed by atoms with van der Waals surface area (Å²) in [5.74, 6) is 0.0713. The molecule has 0 aromatic heterocycles. The smallest absolute Gasteiger partial charge is 0.185 e. The molecule has 2 rings (SSSR count). The number of ketones is 1. The van der Waals surface area contributed by atoms with Gasteiger partial charge in [0.1, 0.15) is 5.75 Å². The molecule has 2 aromatic carbocycles. The van der Waals surface area contributed by atoms with Gasteiger partial charge in [-0.05, 0) is 64.0 Å². The third-order valence-corrected chi connectivity index (χ3v) is 3.41. The number of phenolic OH excluding ortho intramolecular Hbond substituents is 1. The number of halogens is 2. The molecule has 0 aliphatic carbocycles. The van der Waals surface area contributed by atoms with E-state index in [-0.39, 0.29) is 11.5 Å². The minimum atomic E-state index is -0.0964. The number of carbonyl (C=O) groups excluding carboxylic acids is 1. The van der Waals surface area contributed by atoms with E-state index >= 15 is 0 Å². The first-order chi connectivity index (χ1) is 9.06. The van der Waals surface area contributed by atoms with Gasteiger partial charge in [-0.25, -0.2) is 0 Å². The highest BCUT2D eigenvalue weighted by atomic mass is 79.9. The highest BCUT2D eigenvalue weighted by Gasteiger charge is 2.02. The molecule has 0 heterocycles. The third-order valence-electron chi connectivity index (χ3n) is 2.53. The van der Waals surface area contributed by atoms with Crippen molar-refractivity contribution in [2.24, 2.45) is 0 Å². The monoisotopic (exact) mass is 336 g/mol. The summed E-state index contributed by atoms with van der Waals surface area (Å²) in [6, 6.07) is 11.8. The number of phenols is 1. The van der Waals surface area contributed by atoms with Gasteiger partial charge in [-0.2, -0.15) is 0 Å². The first kappa shape index (κ1) is 13.8. The second-order valence-electron chi connectivity index (χ2n) is 3.92. The Kier molecular flexibility index (Phi) is 4.40. The Morgan fingerprint density at radius 1 is 1.16 bits per heavy atom. The lowest BCUT2D eigenvalue weighted by Gasteiger charge is -1.99. The number of hydrogen-bond acceptors (Lipinski definition) is 2. The zero-order valence-electron chi connectivity index (χ0n) is 9.81. The van der Waals surface area contributed by atoms with Crippen molar-refractivity contribution in [2.75, 3.05) is 0 Å². The Morgan fingerprint density at radius 2 is 1.84 bits per heavy atom. The van der Waals surface area contributed by atoms with Crippen LogP contribution in [-0.4, -0.2) is 10.9 Å². The van der Waals surface area contributed by atoms with Crippen molar-refractivity contribution in [1.82, 2.24) is 0 Å². The van der Waals surface area contributed by atoms with Crippen LogP contribution in [-0.2, 0) is 0 Å². The largest absolute Gasteiger partial charge is 0.507 e. The van der Waals surface area contributed by atoms with Gasteiger partial charge in [0.25, 0.3) is 0 Å². The summed E-state index contributed by atoms with van der Waals surface area (Å²) in [5, 5.41) is 9.97. The summed E-state index contributed by atoms with van der Waals surface area (Å²) >= 11 is 8.99. The number of aromatic hydroxyl groups is 1. The lowest BCUT2D eigenvalue weighted by atomic mass is 10.1. The lowest BCUT2D eigenvalue weighted by molar-refractivity contribution is 0.104. The molecule has 0 bridgehead atoms. The summed E-state index contributed by atoms with van der Waals surface area (Å²) in [4.78, 5) is 11.9. The van der Waals surface area contributed by atoms with Gasteiger partial charge in [-0.3, -0.25) is 4.79 Å². The van der Waals surface area contributed by atoms with Crippen LogP contribution in [0.2, 0.25) is 5.02 Å². The second-order valence-corrected chi connectivity index (χ2v) is 5.21. The first-order valence-electron chi connectivity index (χ1n) is 5.53. The van der Waals surface area contributed by atoms with E-state index in [1.54, 1.807) is 48.5 Å². The van der Waals surface area contributed by atoms with Crippen LogP contribution >= 0.6 is 27.5 Å². The number of rotatable bonds is 3. The molecule has 1 N–H and O–H groups in total. The predicted octanol–water partition coefficient (Wildman–Crippen LogP) is 4.70. The minimum Gasteiger partial charge on any atom is -0.507 e. The van der Waals surface area contributed by atoms with E-state index in [1.807, 2.05) is 0 Å². The van der Waals surface area contributed by atoms with Gasteiger partial charge in [0.05, 0.1) is 4.47 Å². The maximum absolute atomic E-state index is 11.9. The molecule has 0 unspecified atom stereocenters. The maximum Gasteiger partial charge on any atom is 0.185 e. The standard InChI is InChI=1S/C15H10BrClO2/c16-13-9-10(2-8-15(13)19)1-7-14(18)11-3-5-12(17)6-4-11/h1-9,19H/b7-1+. The van der Waals surface area contributed by atoms with E-state index in [0.29, 0.717) is 15.1 Å². The van der Waals surface area contributed by atoms with Gasteiger partial charge in [-0.15, -0.1) is 0 Å². The summed E-state index contributed by atoms with van der Waals surface area (Å²) in [5.41, 5.74) is 1.41. The topological polar surface area (TPSA) is 37.3 Å². The van der Waals surface area contributed by atoms with Crippen molar-refractivity contribution >= 4 is 39.4 Å². The van der Waals surface area contributed by atoms with Crippen molar-refractivity contribution in [3.8, 4) is 5.75 Å². The van der Waals surface area contributed by atoms with Crippen molar-refractivity contribution in [1.29, 1.82) is 0 Å². The van der Waals surface area contributed by atoms with Gasteiger partial charge >= 0.3 is 0 Å². The molecule has 0 amide bonds. The van der Waals surface area contributed by atoms with E-state index < -0.39 is 0 Å². The quantitative estimate of drug-likeness (QED) is 0.651. The number of allylic oxidation sites excluding steroid dienone is 1. The molecule has 0 saturated carbocycles. The van der Waals surface area contributed by atoms with Gasteiger partial charge in [-0.1, -0.05) is 23.7 Å². The van der Waals surface area contributed by atoms with E-state index in [0.717, 1.165) is 5.56 Å². The Morgan fingerprint density at radius 3 is 2.47 bits per heavy atom. The molecule has 0 fully saturated rings. The van der Waals surface area contributed by atoms with Gasteiger partial charge < -0.3 is 5.11 Å². The Hall–Kier alpha value is -1.58. The van der Waals surface area contributed by atoms with Gasteiger partial charge in [0, 0.05) is 10.6 Å². The van der Waals surface area contributed by atoms with Crippen LogP contribution in [0.25, 0.3) is 6.08 Å². The summed E-state index contributed by atoms with van der Waals surface area (Å²) < 4.78 is 0.591. The molecule has 4 heteroatoms. The highest BCUT2D eigenvalue weighted by molar-refractivity contribution is 9.10. The van der Waals surface area contributed by atoms with E-state index in [9.17, 15) is 9.90 Å². The molecule has 96 valence electrons. The molecule has 0 aliphatic heterocycles. The first-order valence-corrected chi connectivity index (χ1v) is 6.70. The fourth-order valence-corrected chi connectivity index (χ4v) is 2.03. The van der Waals surface area contributed by atoms with Crippen LogP contribution in [0, 0.1) is 0 Å². The van der Waals surface area contributed by atoms with Crippen LogP contribution < -0.4 is 0 Å². The fourth-order valence-electron chi connectivity index (χ4n) is 1.51. The van der Waals surface area contributed by atoms with Crippen LogP contribution in [0.4, 0.5) is 0 Å². The molecule has 0 radical (unpaired) electrons. The molecule has 2 nitrogen and oxygen atoms in total. The Bertz CT molecular complexity index is 633. The summed E-state index contributed by atoms with van der Waals surface area (Å²) in [7, 11) is 0. The van der Waals surface area contributed by atoms with E-state index in [1.165, 1.54) is 6.08 Å². The third kappa shape index (κ3) is 3.69. The lowest BCUT2D eigenvalue weighted by Crippen LogP contribution is -1.93. The zero-order valence-corrected chi connectivity index (χ0v) is 12.1. The summed E-state index contributed by atoms with van der Waals surface area (Å²) in [6.45, 7) is 0. The average molecular weight is 338 g/mol. The molecular weight excluding hydrogens is 328 g/mol. The molecule has 0 spiro atoms. The number of benzene rings is 2. The average Bonchev–Trinajstić information content (AvgIpc) is 2.40. The Labute approximate surface area is 124 Å². The van der Waals surface area contributed by atoms with E-state index in [2.05, 4.69) is 15.9 Å². The normalized spacial score (nSPS) is 10.8. The molecule has 2 aromatic rings. The maximum atomic E-state index is 11.9. The van der Waals surface area contributed by atoms with Crippen molar-refractivity contribution in [2.45, 2.75) is 0 Å². The number of carbonyl (C=O) groups is 1. The van der Waals surface area contributed by atoms with Crippen molar-refractivity contribution in [3.63, 3.8) is 0 Å². The molecule has 0 aliphatic rings. The molecule has 19 heavy (non-hydrogen) atoms. The van der Waals surface area contributed by atoms with Crippen LogP contribution in [0.1, 0.15) is 15.9 Å². The molecular formula is C15H10BrClO2. The highest BCUT2D eigenvalue weighted by Crippen LogP contribution is 2.24. The van der Waals surface area contributed by atoms with Crippen molar-refractivity contribution in [3.05, 3.63) is 69.2 Å². The van der Waals surface area contributed by atoms with Crippen molar-refractivity contribution < 1.29 is 9.90 Å².